The van der Waals surface area contributed by atoms with Crippen molar-refractivity contribution in [1.29, 1.82) is 0 Å². The third-order valence-electron chi connectivity index (χ3n) is 3.62. The molecule has 2 atom stereocenters. The molecule has 3 nitrogen and oxygen atoms in total. The quantitative estimate of drug-likeness (QED) is 0.921. The van der Waals surface area contributed by atoms with Gasteiger partial charge in [0.15, 0.2) is 0 Å². The Morgan fingerprint density at radius 2 is 2.10 bits per heavy atom. The standard InChI is InChI=1S/C15H22Cl2N2O/c1-10(2)18-9-14-15(19(3)6-7-20-14)11-4-5-12(16)13(17)8-11/h4-5,8,10,14-15,18H,6-7,9H2,1-3H3. The van der Waals surface area contributed by atoms with E-state index in [1.165, 1.54) is 0 Å². The van der Waals surface area contributed by atoms with E-state index in [0.29, 0.717) is 16.1 Å². The van der Waals surface area contributed by atoms with Crippen molar-refractivity contribution >= 4 is 23.2 Å². The molecule has 0 amide bonds. The van der Waals surface area contributed by atoms with Crippen molar-refractivity contribution in [3.63, 3.8) is 0 Å². The first kappa shape index (κ1) is 16.1. The van der Waals surface area contributed by atoms with Crippen molar-refractivity contribution in [2.75, 3.05) is 26.7 Å². The van der Waals surface area contributed by atoms with E-state index in [0.717, 1.165) is 25.3 Å². The molecule has 1 fully saturated rings. The van der Waals surface area contributed by atoms with Gasteiger partial charge in [0.1, 0.15) is 0 Å². The second-order valence-corrected chi connectivity index (χ2v) is 6.39. The second-order valence-electron chi connectivity index (χ2n) is 5.57. The SMILES string of the molecule is CC(C)NCC1OCCN(C)C1c1ccc(Cl)c(Cl)c1. The molecule has 0 saturated carbocycles. The topological polar surface area (TPSA) is 24.5 Å². The van der Waals surface area contributed by atoms with Gasteiger partial charge in [-0.3, -0.25) is 4.90 Å². The molecule has 2 rings (SSSR count). The molecule has 1 N–H and O–H groups in total. The maximum atomic E-state index is 6.15. The van der Waals surface area contributed by atoms with Crippen LogP contribution in [0.25, 0.3) is 0 Å². The molecule has 2 unspecified atom stereocenters. The van der Waals surface area contributed by atoms with Crippen molar-refractivity contribution in [3.8, 4) is 0 Å². The number of benzene rings is 1. The van der Waals surface area contributed by atoms with Gasteiger partial charge in [-0.15, -0.1) is 0 Å². The van der Waals surface area contributed by atoms with Gasteiger partial charge in [-0.25, -0.2) is 0 Å². The van der Waals surface area contributed by atoms with Crippen LogP contribution in [-0.4, -0.2) is 43.8 Å². The van der Waals surface area contributed by atoms with Crippen LogP contribution in [0.2, 0.25) is 10.0 Å². The van der Waals surface area contributed by atoms with Crippen LogP contribution in [0.15, 0.2) is 18.2 Å². The van der Waals surface area contributed by atoms with Crippen LogP contribution in [-0.2, 0) is 4.74 Å². The number of nitrogens with zero attached hydrogens (tertiary/aromatic N) is 1. The van der Waals surface area contributed by atoms with Crippen LogP contribution in [0.5, 0.6) is 0 Å². The summed E-state index contributed by atoms with van der Waals surface area (Å²) in [6.45, 7) is 6.79. The van der Waals surface area contributed by atoms with E-state index in [1.807, 2.05) is 18.2 Å². The highest BCUT2D eigenvalue weighted by Crippen LogP contribution is 2.32. The van der Waals surface area contributed by atoms with Gasteiger partial charge in [0.05, 0.1) is 28.8 Å². The van der Waals surface area contributed by atoms with Crippen LogP contribution in [0, 0.1) is 0 Å². The predicted molar refractivity (Wildman–Crippen MR) is 84.7 cm³/mol. The molecule has 0 bridgehead atoms. The van der Waals surface area contributed by atoms with Crippen molar-refractivity contribution in [3.05, 3.63) is 33.8 Å². The minimum Gasteiger partial charge on any atom is -0.374 e. The number of hydrogen-bond donors (Lipinski definition) is 1. The van der Waals surface area contributed by atoms with E-state index >= 15 is 0 Å². The molecule has 1 heterocycles. The fourth-order valence-electron chi connectivity index (χ4n) is 2.55. The zero-order valence-corrected chi connectivity index (χ0v) is 13.7. The lowest BCUT2D eigenvalue weighted by atomic mass is 9.98. The number of halogens is 2. The lowest BCUT2D eigenvalue weighted by Crippen LogP contribution is -2.48. The van der Waals surface area contributed by atoms with Gasteiger partial charge < -0.3 is 10.1 Å². The molecule has 0 spiro atoms. The summed E-state index contributed by atoms with van der Waals surface area (Å²) in [6, 6.07) is 6.48. The summed E-state index contributed by atoms with van der Waals surface area (Å²) in [7, 11) is 2.12. The molecule has 5 heteroatoms. The van der Waals surface area contributed by atoms with Gasteiger partial charge in [0, 0.05) is 19.1 Å². The summed E-state index contributed by atoms with van der Waals surface area (Å²) in [5.74, 6) is 0. The summed E-state index contributed by atoms with van der Waals surface area (Å²) in [5.41, 5.74) is 1.15. The van der Waals surface area contributed by atoms with Gasteiger partial charge >= 0.3 is 0 Å². The van der Waals surface area contributed by atoms with E-state index in [1.54, 1.807) is 0 Å². The minimum atomic E-state index is 0.119. The molecule has 1 aromatic carbocycles. The van der Waals surface area contributed by atoms with Gasteiger partial charge in [-0.05, 0) is 24.7 Å². The maximum Gasteiger partial charge on any atom is 0.0896 e. The highest BCUT2D eigenvalue weighted by atomic mass is 35.5. The van der Waals surface area contributed by atoms with Crippen LogP contribution in [0.4, 0.5) is 0 Å². The molecule has 1 saturated heterocycles. The fourth-order valence-corrected chi connectivity index (χ4v) is 2.86. The summed E-state index contributed by atoms with van der Waals surface area (Å²) >= 11 is 12.2. The Kier molecular flexibility index (Phi) is 5.70. The predicted octanol–water partition coefficient (Wildman–Crippen LogP) is 3.36. The first-order valence-corrected chi connectivity index (χ1v) is 7.75. The van der Waals surface area contributed by atoms with Gasteiger partial charge in [-0.2, -0.15) is 0 Å². The summed E-state index contributed by atoms with van der Waals surface area (Å²) in [6.07, 6.45) is 0.119. The highest BCUT2D eigenvalue weighted by molar-refractivity contribution is 6.42. The molecule has 0 aliphatic carbocycles. The average Bonchev–Trinajstić information content (AvgIpc) is 2.40. The number of morpholine rings is 1. The third-order valence-corrected chi connectivity index (χ3v) is 4.35. The Morgan fingerprint density at radius 3 is 2.75 bits per heavy atom. The maximum absolute atomic E-state index is 6.15. The Morgan fingerprint density at radius 1 is 1.35 bits per heavy atom. The van der Waals surface area contributed by atoms with E-state index in [4.69, 9.17) is 27.9 Å². The smallest absolute Gasteiger partial charge is 0.0896 e. The molecule has 1 aliphatic rings. The Balaban J connectivity index is 2.20. The molecular formula is C15H22Cl2N2O. The zero-order chi connectivity index (χ0) is 14.7. The second kappa shape index (κ2) is 7.10. The average molecular weight is 317 g/mol. The van der Waals surface area contributed by atoms with Gasteiger partial charge in [0.2, 0.25) is 0 Å². The van der Waals surface area contributed by atoms with Crippen LogP contribution in [0.1, 0.15) is 25.5 Å². The van der Waals surface area contributed by atoms with E-state index in [9.17, 15) is 0 Å². The molecule has 0 aromatic heterocycles. The fraction of sp³-hybridized carbons (Fsp3) is 0.600. The summed E-state index contributed by atoms with van der Waals surface area (Å²) in [5, 5.41) is 4.64. The highest BCUT2D eigenvalue weighted by Gasteiger charge is 2.31. The van der Waals surface area contributed by atoms with Crippen molar-refractivity contribution in [2.45, 2.75) is 32.0 Å². The largest absolute Gasteiger partial charge is 0.374 e. The number of nitrogens with one attached hydrogen (secondary N) is 1. The first-order valence-electron chi connectivity index (χ1n) is 6.99. The van der Waals surface area contributed by atoms with Crippen LogP contribution >= 0.6 is 23.2 Å². The van der Waals surface area contributed by atoms with E-state index < -0.39 is 0 Å². The Labute approximate surface area is 131 Å². The molecule has 112 valence electrons. The number of rotatable bonds is 4. The first-order chi connectivity index (χ1) is 9.49. The van der Waals surface area contributed by atoms with E-state index in [2.05, 4.69) is 31.1 Å². The number of hydrogen-bond acceptors (Lipinski definition) is 3. The number of ether oxygens (including phenoxy) is 1. The summed E-state index contributed by atoms with van der Waals surface area (Å²) < 4.78 is 5.96. The molecule has 1 aliphatic heterocycles. The number of likely N-dealkylation sites (N-methyl/N-ethyl adjacent to an activating group) is 1. The zero-order valence-electron chi connectivity index (χ0n) is 12.2. The summed E-state index contributed by atoms with van der Waals surface area (Å²) in [4.78, 5) is 2.32. The van der Waals surface area contributed by atoms with Crippen molar-refractivity contribution < 1.29 is 4.74 Å². The Hall–Kier alpha value is -0.320. The van der Waals surface area contributed by atoms with Crippen LogP contribution in [0.3, 0.4) is 0 Å². The van der Waals surface area contributed by atoms with Gasteiger partial charge in [-0.1, -0.05) is 43.1 Å². The Bertz CT molecular complexity index is 453. The lowest BCUT2D eigenvalue weighted by Gasteiger charge is -2.40. The van der Waals surface area contributed by atoms with E-state index in [-0.39, 0.29) is 12.1 Å². The van der Waals surface area contributed by atoms with Gasteiger partial charge in [0.25, 0.3) is 0 Å². The lowest BCUT2D eigenvalue weighted by molar-refractivity contribution is -0.0620. The third kappa shape index (κ3) is 3.86. The molecule has 20 heavy (non-hydrogen) atoms. The normalized spacial score (nSPS) is 24.3. The molecular weight excluding hydrogens is 295 g/mol. The molecule has 1 aromatic rings. The monoisotopic (exact) mass is 316 g/mol. The minimum absolute atomic E-state index is 0.119. The van der Waals surface area contributed by atoms with Crippen molar-refractivity contribution in [1.82, 2.24) is 10.2 Å². The molecule has 0 radical (unpaired) electrons. The van der Waals surface area contributed by atoms with Crippen LogP contribution < -0.4 is 5.32 Å². The van der Waals surface area contributed by atoms with Crippen molar-refractivity contribution in [2.24, 2.45) is 0 Å².